The van der Waals surface area contributed by atoms with E-state index in [1.165, 1.54) is 49.6 Å². The lowest BCUT2D eigenvalue weighted by Gasteiger charge is -2.14. The SMILES string of the molecule is CCOC(=O)c1cc(CC)sc1NC(=O)COC(=O)[C@H](C)NS(=O)(=O)c1ccc(OC)cc1. The van der Waals surface area contributed by atoms with Crippen molar-refractivity contribution in [3.63, 3.8) is 0 Å². The third-order valence-corrected chi connectivity index (χ3v) is 7.03. The van der Waals surface area contributed by atoms with E-state index in [2.05, 4.69) is 10.0 Å². The number of esters is 2. The third-order valence-electron chi connectivity index (χ3n) is 4.28. The van der Waals surface area contributed by atoms with E-state index in [9.17, 15) is 22.8 Å². The molecule has 1 aromatic carbocycles. The molecule has 0 bridgehead atoms. The van der Waals surface area contributed by atoms with Gasteiger partial charge in [-0.2, -0.15) is 4.72 Å². The van der Waals surface area contributed by atoms with E-state index in [0.717, 1.165) is 4.88 Å². The number of aryl methyl sites for hydroxylation is 1. The summed E-state index contributed by atoms with van der Waals surface area (Å²) in [5.41, 5.74) is 0.221. The normalized spacial score (nSPS) is 12.0. The Kier molecular flexibility index (Phi) is 9.38. The molecule has 10 nitrogen and oxygen atoms in total. The molecule has 0 saturated heterocycles. The van der Waals surface area contributed by atoms with Crippen LogP contribution in [0.4, 0.5) is 5.00 Å². The lowest BCUT2D eigenvalue weighted by molar-refractivity contribution is -0.148. The van der Waals surface area contributed by atoms with Gasteiger partial charge in [-0.1, -0.05) is 6.92 Å². The molecule has 0 saturated carbocycles. The number of rotatable bonds is 11. The second-order valence-corrected chi connectivity index (χ2v) is 9.55. The number of nitrogens with one attached hydrogen (secondary N) is 2. The van der Waals surface area contributed by atoms with Crippen LogP contribution in [0.5, 0.6) is 5.75 Å². The van der Waals surface area contributed by atoms with Gasteiger partial charge >= 0.3 is 11.9 Å². The average molecular weight is 499 g/mol. The summed E-state index contributed by atoms with van der Waals surface area (Å²) in [7, 11) is -2.54. The number of thiophene rings is 1. The summed E-state index contributed by atoms with van der Waals surface area (Å²) in [5, 5.41) is 2.83. The van der Waals surface area contributed by atoms with Gasteiger partial charge in [0.25, 0.3) is 5.91 Å². The highest BCUT2D eigenvalue weighted by atomic mass is 32.2. The Balaban J connectivity index is 1.95. The van der Waals surface area contributed by atoms with Crippen LogP contribution in [0.25, 0.3) is 0 Å². The predicted octanol–water partition coefficient (Wildman–Crippen LogP) is 2.34. The van der Waals surface area contributed by atoms with Gasteiger partial charge in [-0.3, -0.25) is 9.59 Å². The van der Waals surface area contributed by atoms with Crippen LogP contribution in [0.2, 0.25) is 0 Å². The number of anilines is 1. The molecule has 0 radical (unpaired) electrons. The molecule has 1 atom stereocenters. The molecule has 2 aromatic rings. The van der Waals surface area contributed by atoms with Crippen molar-refractivity contribution in [1.82, 2.24) is 4.72 Å². The highest BCUT2D eigenvalue weighted by Crippen LogP contribution is 2.29. The molecule has 1 amide bonds. The van der Waals surface area contributed by atoms with Gasteiger partial charge in [-0.05, 0) is 50.6 Å². The highest BCUT2D eigenvalue weighted by molar-refractivity contribution is 7.89. The third kappa shape index (κ3) is 7.27. The first-order valence-electron chi connectivity index (χ1n) is 10.0. The Bertz CT molecular complexity index is 1090. The van der Waals surface area contributed by atoms with Gasteiger partial charge in [0.05, 0.1) is 24.2 Å². The molecule has 0 unspecified atom stereocenters. The summed E-state index contributed by atoms with van der Waals surface area (Å²) in [4.78, 5) is 37.4. The van der Waals surface area contributed by atoms with Crippen molar-refractivity contribution in [2.24, 2.45) is 0 Å². The van der Waals surface area contributed by atoms with Crippen LogP contribution >= 0.6 is 11.3 Å². The zero-order valence-electron chi connectivity index (χ0n) is 18.7. The van der Waals surface area contributed by atoms with Crippen LogP contribution in [-0.4, -0.2) is 52.6 Å². The maximum absolute atomic E-state index is 12.4. The first-order chi connectivity index (χ1) is 15.6. The molecular formula is C21H26N2O8S2. The minimum Gasteiger partial charge on any atom is -0.497 e. The van der Waals surface area contributed by atoms with Crippen LogP contribution in [0.3, 0.4) is 0 Å². The van der Waals surface area contributed by atoms with Crippen LogP contribution in [-0.2, 0) is 35.5 Å². The molecule has 1 heterocycles. The van der Waals surface area contributed by atoms with Gasteiger partial charge < -0.3 is 19.5 Å². The van der Waals surface area contributed by atoms with Gasteiger partial charge in [0.15, 0.2) is 6.61 Å². The van der Waals surface area contributed by atoms with Gasteiger partial charge in [-0.15, -0.1) is 11.3 Å². The molecule has 0 aliphatic rings. The van der Waals surface area contributed by atoms with E-state index < -0.39 is 40.5 Å². The van der Waals surface area contributed by atoms with E-state index in [4.69, 9.17) is 14.2 Å². The standard InChI is InChI=1S/C21H26N2O8S2/c1-5-15-11-17(21(26)30-6-2)19(32-15)22-18(24)12-31-20(25)13(3)23-33(27,28)16-9-7-14(29-4)8-10-16/h7-11,13,23H,5-6,12H2,1-4H3,(H,22,24)/t13-/m0/s1. The second-order valence-electron chi connectivity index (χ2n) is 6.70. The molecule has 0 aliphatic carbocycles. The lowest BCUT2D eigenvalue weighted by atomic mass is 10.2. The number of hydrogen-bond acceptors (Lipinski definition) is 9. The van der Waals surface area contributed by atoms with E-state index in [1.807, 2.05) is 6.92 Å². The first kappa shape index (κ1) is 26.3. The Hall–Kier alpha value is -2.96. The monoisotopic (exact) mass is 498 g/mol. The summed E-state index contributed by atoms with van der Waals surface area (Å²) in [5.74, 6) is -1.70. The van der Waals surface area contributed by atoms with Crippen molar-refractivity contribution in [3.8, 4) is 5.75 Å². The number of carbonyl (C=O) groups excluding carboxylic acids is 3. The van der Waals surface area contributed by atoms with Crippen molar-refractivity contribution in [2.45, 2.75) is 38.1 Å². The number of hydrogen-bond donors (Lipinski definition) is 2. The highest BCUT2D eigenvalue weighted by Gasteiger charge is 2.24. The lowest BCUT2D eigenvalue weighted by Crippen LogP contribution is -2.40. The fraction of sp³-hybridized carbons (Fsp3) is 0.381. The van der Waals surface area contributed by atoms with Crippen LogP contribution in [0.1, 0.15) is 36.0 Å². The Morgan fingerprint density at radius 3 is 2.33 bits per heavy atom. The molecule has 33 heavy (non-hydrogen) atoms. The molecule has 2 rings (SSSR count). The number of amides is 1. The van der Waals surface area contributed by atoms with E-state index in [0.29, 0.717) is 17.2 Å². The van der Waals surface area contributed by atoms with Gasteiger partial charge in [-0.25, -0.2) is 13.2 Å². The Morgan fingerprint density at radius 2 is 1.76 bits per heavy atom. The Labute approximate surface area is 196 Å². The summed E-state index contributed by atoms with van der Waals surface area (Å²) >= 11 is 1.22. The summed E-state index contributed by atoms with van der Waals surface area (Å²) in [6.45, 7) is 4.41. The fourth-order valence-corrected chi connectivity index (χ4v) is 4.79. The molecule has 0 spiro atoms. The van der Waals surface area contributed by atoms with Crippen LogP contribution < -0.4 is 14.8 Å². The molecule has 12 heteroatoms. The number of carbonyl (C=O) groups is 3. The van der Waals surface area contributed by atoms with Crippen molar-refractivity contribution >= 4 is 44.2 Å². The molecule has 1 aromatic heterocycles. The van der Waals surface area contributed by atoms with Crippen molar-refractivity contribution in [1.29, 1.82) is 0 Å². The van der Waals surface area contributed by atoms with Gasteiger partial charge in [0, 0.05) is 4.88 Å². The van der Waals surface area contributed by atoms with Crippen molar-refractivity contribution < 1.29 is 37.0 Å². The second kappa shape index (κ2) is 11.8. The largest absolute Gasteiger partial charge is 0.497 e. The quantitative estimate of drug-likeness (QED) is 0.451. The van der Waals surface area contributed by atoms with E-state index >= 15 is 0 Å². The summed E-state index contributed by atoms with van der Waals surface area (Å²) in [6, 6.07) is 6.01. The molecular weight excluding hydrogens is 472 g/mol. The zero-order valence-corrected chi connectivity index (χ0v) is 20.3. The fourth-order valence-electron chi connectivity index (χ4n) is 2.60. The maximum Gasteiger partial charge on any atom is 0.341 e. The van der Waals surface area contributed by atoms with Crippen LogP contribution in [0.15, 0.2) is 35.2 Å². The molecule has 0 aliphatic heterocycles. The van der Waals surface area contributed by atoms with E-state index in [-0.39, 0.29) is 17.1 Å². The van der Waals surface area contributed by atoms with E-state index in [1.54, 1.807) is 13.0 Å². The number of ether oxygens (including phenoxy) is 3. The minimum atomic E-state index is -3.99. The maximum atomic E-state index is 12.4. The number of methoxy groups -OCH3 is 1. The molecule has 2 N–H and O–H groups in total. The average Bonchev–Trinajstić information content (AvgIpc) is 3.20. The van der Waals surface area contributed by atoms with Crippen LogP contribution in [0, 0.1) is 0 Å². The summed E-state index contributed by atoms with van der Waals surface area (Å²) in [6.07, 6.45) is 0.660. The first-order valence-corrected chi connectivity index (χ1v) is 12.3. The van der Waals surface area contributed by atoms with Crippen molar-refractivity contribution in [2.75, 3.05) is 25.6 Å². The topological polar surface area (TPSA) is 137 Å². The zero-order chi connectivity index (χ0) is 24.6. The van der Waals surface area contributed by atoms with Gasteiger partial charge in [0.1, 0.15) is 16.8 Å². The van der Waals surface area contributed by atoms with Crippen molar-refractivity contribution in [3.05, 3.63) is 40.8 Å². The molecule has 0 fully saturated rings. The minimum absolute atomic E-state index is 0.0587. The number of benzene rings is 1. The Morgan fingerprint density at radius 1 is 1.09 bits per heavy atom. The molecule has 180 valence electrons. The smallest absolute Gasteiger partial charge is 0.341 e. The summed E-state index contributed by atoms with van der Waals surface area (Å²) < 4.78 is 42.0. The predicted molar refractivity (Wildman–Crippen MR) is 122 cm³/mol. The number of sulfonamides is 1. The van der Waals surface area contributed by atoms with Gasteiger partial charge in [0.2, 0.25) is 10.0 Å².